The van der Waals surface area contributed by atoms with Gasteiger partial charge in [0.15, 0.2) is 11.6 Å². The number of benzene rings is 2. The molecule has 0 aliphatic carbocycles. The topological polar surface area (TPSA) is 71.5 Å². The number of carbonyl (C=O) groups is 1. The molecule has 5 nitrogen and oxygen atoms in total. The van der Waals surface area contributed by atoms with Gasteiger partial charge in [-0.3, -0.25) is 0 Å². The number of pyridine rings is 1. The number of phenolic OH excluding ortho intramolecular Hbond substituents is 1. The zero-order valence-corrected chi connectivity index (χ0v) is 14.7. The first-order valence-corrected chi connectivity index (χ1v) is 8.15. The molecule has 2 N–H and O–H groups in total. The maximum absolute atomic E-state index is 13.8. The number of aromatic nitrogens is 1. The fourth-order valence-electron chi connectivity index (χ4n) is 2.96. The number of esters is 1. The molecule has 134 valence electrons. The van der Waals surface area contributed by atoms with Gasteiger partial charge in [-0.05, 0) is 36.9 Å². The summed E-state index contributed by atoms with van der Waals surface area (Å²) in [4.78, 5) is 16.3. The number of hydrogen-bond donors (Lipinski definition) is 2. The Bertz CT molecular complexity index is 988. The molecule has 1 aromatic heterocycles. The number of fused-ring (bicyclic) bond motifs is 1. The second-order valence-electron chi connectivity index (χ2n) is 6.02. The summed E-state index contributed by atoms with van der Waals surface area (Å²) in [6.07, 6.45) is 0. The maximum Gasteiger partial charge on any atom is 0.328 e. The lowest BCUT2D eigenvalue weighted by atomic mass is 9.97. The van der Waals surface area contributed by atoms with E-state index in [1.54, 1.807) is 13.0 Å². The Kier molecular flexibility index (Phi) is 4.75. The van der Waals surface area contributed by atoms with Crippen LogP contribution in [-0.4, -0.2) is 29.2 Å². The largest absolute Gasteiger partial charge is 0.505 e. The van der Waals surface area contributed by atoms with E-state index in [-0.39, 0.29) is 0 Å². The van der Waals surface area contributed by atoms with Crippen molar-refractivity contribution in [2.45, 2.75) is 19.9 Å². The standard InChI is InChI=1S/C20H19FN2O3/c1-11-18(13-8-9-17(24)16(21)10-13)14-6-4-5-7-15(14)19(22-11)23-12(2)20(25)26-3/h4-10,12,24H,1-3H3,(H,22,23). The molecule has 0 spiro atoms. The van der Waals surface area contributed by atoms with Crippen molar-refractivity contribution in [2.24, 2.45) is 0 Å². The number of aryl methyl sites for hydroxylation is 1. The number of halogens is 1. The molecule has 1 unspecified atom stereocenters. The van der Waals surface area contributed by atoms with Crippen LogP contribution in [0.1, 0.15) is 12.6 Å². The van der Waals surface area contributed by atoms with Crippen molar-refractivity contribution in [3.05, 3.63) is 54.0 Å². The molecule has 0 fully saturated rings. The molecule has 0 radical (unpaired) electrons. The van der Waals surface area contributed by atoms with Crippen LogP contribution in [0.3, 0.4) is 0 Å². The zero-order valence-electron chi connectivity index (χ0n) is 14.7. The molecule has 0 bridgehead atoms. The number of rotatable bonds is 4. The van der Waals surface area contributed by atoms with Gasteiger partial charge in [0.05, 0.1) is 7.11 Å². The first-order chi connectivity index (χ1) is 12.4. The number of aromatic hydroxyl groups is 1. The van der Waals surface area contributed by atoms with Crippen molar-refractivity contribution in [3.8, 4) is 16.9 Å². The van der Waals surface area contributed by atoms with Gasteiger partial charge in [0, 0.05) is 16.6 Å². The van der Waals surface area contributed by atoms with Crippen molar-refractivity contribution in [2.75, 3.05) is 12.4 Å². The summed E-state index contributed by atoms with van der Waals surface area (Å²) >= 11 is 0. The van der Waals surface area contributed by atoms with Crippen LogP contribution in [0.25, 0.3) is 21.9 Å². The molecular formula is C20H19FN2O3. The molecule has 0 aliphatic heterocycles. The molecule has 26 heavy (non-hydrogen) atoms. The SMILES string of the molecule is COC(=O)C(C)Nc1nc(C)c(-c2ccc(O)c(F)c2)c2ccccc12. The highest BCUT2D eigenvalue weighted by Crippen LogP contribution is 2.35. The summed E-state index contributed by atoms with van der Waals surface area (Å²) in [6.45, 7) is 3.52. The summed E-state index contributed by atoms with van der Waals surface area (Å²) in [7, 11) is 1.33. The van der Waals surface area contributed by atoms with E-state index < -0.39 is 23.6 Å². The average Bonchev–Trinajstić information content (AvgIpc) is 2.63. The first-order valence-electron chi connectivity index (χ1n) is 8.15. The number of hydrogen-bond acceptors (Lipinski definition) is 5. The molecule has 0 saturated heterocycles. The quantitative estimate of drug-likeness (QED) is 0.692. The van der Waals surface area contributed by atoms with E-state index in [1.807, 2.05) is 31.2 Å². The Labute approximate surface area is 150 Å². The van der Waals surface area contributed by atoms with Crippen LogP contribution in [0, 0.1) is 12.7 Å². The number of ether oxygens (including phenoxy) is 1. The molecule has 0 saturated carbocycles. The van der Waals surface area contributed by atoms with Gasteiger partial charge in [-0.15, -0.1) is 0 Å². The minimum atomic E-state index is -0.688. The average molecular weight is 354 g/mol. The van der Waals surface area contributed by atoms with E-state index in [9.17, 15) is 14.3 Å². The highest BCUT2D eigenvalue weighted by atomic mass is 19.1. The number of nitrogens with zero attached hydrogens (tertiary/aromatic N) is 1. The predicted octanol–water partition coefficient (Wildman–Crippen LogP) is 4.03. The predicted molar refractivity (Wildman–Crippen MR) is 98.6 cm³/mol. The van der Waals surface area contributed by atoms with E-state index in [1.165, 1.54) is 19.2 Å². The number of nitrogens with one attached hydrogen (secondary N) is 1. The van der Waals surface area contributed by atoms with Gasteiger partial charge in [-0.25, -0.2) is 14.2 Å². The van der Waals surface area contributed by atoms with Gasteiger partial charge in [-0.2, -0.15) is 0 Å². The van der Waals surface area contributed by atoms with Gasteiger partial charge >= 0.3 is 5.97 Å². The number of anilines is 1. The molecule has 0 aliphatic rings. The van der Waals surface area contributed by atoms with Crippen LogP contribution in [0.15, 0.2) is 42.5 Å². The highest BCUT2D eigenvalue weighted by Gasteiger charge is 2.18. The summed E-state index contributed by atoms with van der Waals surface area (Å²) in [5.41, 5.74) is 2.07. The molecule has 3 aromatic rings. The summed E-state index contributed by atoms with van der Waals surface area (Å²) in [6, 6.07) is 11.3. The van der Waals surface area contributed by atoms with Crippen LogP contribution in [0.4, 0.5) is 10.2 Å². The molecule has 2 aromatic carbocycles. The Morgan fingerprint density at radius 1 is 1.23 bits per heavy atom. The minimum absolute atomic E-state index is 0.391. The third-order valence-electron chi connectivity index (χ3n) is 4.24. The van der Waals surface area contributed by atoms with Gasteiger partial charge in [0.2, 0.25) is 0 Å². The number of methoxy groups -OCH3 is 1. The minimum Gasteiger partial charge on any atom is -0.505 e. The summed E-state index contributed by atoms with van der Waals surface area (Å²) < 4.78 is 18.6. The van der Waals surface area contributed by atoms with Crippen molar-refractivity contribution in [3.63, 3.8) is 0 Å². The second kappa shape index (κ2) is 7.00. The van der Waals surface area contributed by atoms with Crippen molar-refractivity contribution in [1.29, 1.82) is 0 Å². The van der Waals surface area contributed by atoms with Crippen LogP contribution >= 0.6 is 0 Å². The number of carbonyl (C=O) groups excluding carboxylic acids is 1. The van der Waals surface area contributed by atoms with Gasteiger partial charge in [-0.1, -0.05) is 30.3 Å². The molecular weight excluding hydrogens is 335 g/mol. The Hall–Kier alpha value is -3.15. The lowest BCUT2D eigenvalue weighted by Crippen LogP contribution is -2.27. The molecule has 3 rings (SSSR count). The van der Waals surface area contributed by atoms with Crippen LogP contribution in [0.2, 0.25) is 0 Å². The zero-order chi connectivity index (χ0) is 18.8. The molecule has 1 heterocycles. The van der Waals surface area contributed by atoms with E-state index in [0.717, 1.165) is 16.3 Å². The van der Waals surface area contributed by atoms with Gasteiger partial charge < -0.3 is 15.2 Å². The third kappa shape index (κ3) is 3.18. The lowest BCUT2D eigenvalue weighted by molar-refractivity contribution is -0.141. The van der Waals surface area contributed by atoms with Crippen molar-refractivity contribution < 1.29 is 19.0 Å². The third-order valence-corrected chi connectivity index (χ3v) is 4.24. The Balaban J connectivity index is 2.18. The fourth-order valence-corrected chi connectivity index (χ4v) is 2.96. The smallest absolute Gasteiger partial charge is 0.328 e. The van der Waals surface area contributed by atoms with Gasteiger partial charge in [0.25, 0.3) is 0 Å². The summed E-state index contributed by atoms with van der Waals surface area (Å²) in [5.74, 6) is -0.918. The van der Waals surface area contributed by atoms with E-state index in [4.69, 9.17) is 4.74 Å². The summed E-state index contributed by atoms with van der Waals surface area (Å²) in [5, 5.41) is 14.2. The van der Waals surface area contributed by atoms with Gasteiger partial charge in [0.1, 0.15) is 11.9 Å². The Morgan fingerprint density at radius 2 is 1.92 bits per heavy atom. The molecule has 0 amide bonds. The molecule has 1 atom stereocenters. The van der Waals surface area contributed by atoms with E-state index in [2.05, 4.69) is 10.3 Å². The normalized spacial score (nSPS) is 12.0. The monoisotopic (exact) mass is 354 g/mol. The molecule has 6 heteroatoms. The van der Waals surface area contributed by atoms with Crippen molar-refractivity contribution >= 4 is 22.6 Å². The fraction of sp³-hybridized carbons (Fsp3) is 0.200. The van der Waals surface area contributed by atoms with Crippen LogP contribution in [-0.2, 0) is 9.53 Å². The van der Waals surface area contributed by atoms with E-state index >= 15 is 0 Å². The van der Waals surface area contributed by atoms with E-state index in [0.29, 0.717) is 17.1 Å². The van der Waals surface area contributed by atoms with Crippen LogP contribution in [0.5, 0.6) is 5.75 Å². The number of phenols is 1. The van der Waals surface area contributed by atoms with Crippen LogP contribution < -0.4 is 5.32 Å². The highest BCUT2D eigenvalue weighted by molar-refractivity contribution is 6.03. The lowest BCUT2D eigenvalue weighted by Gasteiger charge is -2.18. The Morgan fingerprint density at radius 3 is 2.58 bits per heavy atom. The van der Waals surface area contributed by atoms with Crippen molar-refractivity contribution in [1.82, 2.24) is 4.98 Å². The maximum atomic E-state index is 13.8. The first kappa shape index (κ1) is 17.7. The second-order valence-corrected chi connectivity index (χ2v) is 6.02.